The normalized spacial score (nSPS) is 10.7. The van der Waals surface area contributed by atoms with E-state index in [1.165, 1.54) is 11.3 Å². The molecule has 4 heteroatoms. The van der Waals surface area contributed by atoms with Gasteiger partial charge in [0, 0.05) is 28.1 Å². The van der Waals surface area contributed by atoms with Gasteiger partial charge in [-0.1, -0.05) is 6.07 Å². The number of rotatable bonds is 3. The highest BCUT2D eigenvalue weighted by atomic mass is 32.1. The molecular weight excluding hydrogens is 270 g/mol. The van der Waals surface area contributed by atoms with Gasteiger partial charge in [-0.05, 0) is 31.2 Å². The van der Waals surface area contributed by atoms with Crippen LogP contribution in [0.15, 0.2) is 41.8 Å². The Balaban J connectivity index is 2.01. The van der Waals surface area contributed by atoms with Crippen LogP contribution in [0.3, 0.4) is 0 Å². The van der Waals surface area contributed by atoms with Gasteiger partial charge < -0.3 is 4.74 Å². The zero-order chi connectivity index (χ0) is 14.1. The summed E-state index contributed by atoms with van der Waals surface area (Å²) >= 11 is 1.39. The second-order valence-electron chi connectivity index (χ2n) is 4.54. The Morgan fingerprint density at radius 1 is 1.20 bits per heavy atom. The van der Waals surface area contributed by atoms with E-state index >= 15 is 0 Å². The standard InChI is InChI=1S/C16H13NO2S/c1-10-3-4-11-7-12(5-6-14(11)17-10)16(18)15-8-13(19-2)9-20-15/h3-9H,1-2H3. The molecule has 0 N–H and O–H groups in total. The number of nitrogens with zero attached hydrogens (tertiary/aromatic N) is 1. The van der Waals surface area contributed by atoms with E-state index in [-0.39, 0.29) is 5.78 Å². The molecule has 2 heterocycles. The molecule has 2 aromatic heterocycles. The summed E-state index contributed by atoms with van der Waals surface area (Å²) in [5.74, 6) is 0.734. The molecule has 0 bridgehead atoms. The molecule has 0 spiro atoms. The van der Waals surface area contributed by atoms with E-state index in [9.17, 15) is 4.79 Å². The first-order chi connectivity index (χ1) is 9.67. The molecule has 0 saturated carbocycles. The zero-order valence-corrected chi connectivity index (χ0v) is 12.0. The maximum absolute atomic E-state index is 12.4. The van der Waals surface area contributed by atoms with Gasteiger partial charge in [0.1, 0.15) is 5.75 Å². The number of benzene rings is 1. The number of ether oxygens (including phenoxy) is 1. The van der Waals surface area contributed by atoms with E-state index in [1.54, 1.807) is 13.2 Å². The Labute approximate surface area is 120 Å². The minimum Gasteiger partial charge on any atom is -0.496 e. The van der Waals surface area contributed by atoms with Gasteiger partial charge in [0.05, 0.1) is 17.5 Å². The molecule has 0 unspecified atom stereocenters. The van der Waals surface area contributed by atoms with E-state index < -0.39 is 0 Å². The van der Waals surface area contributed by atoms with E-state index in [2.05, 4.69) is 4.98 Å². The molecular formula is C16H13NO2S. The van der Waals surface area contributed by atoms with Crippen molar-refractivity contribution < 1.29 is 9.53 Å². The van der Waals surface area contributed by atoms with Gasteiger partial charge in [0.25, 0.3) is 0 Å². The van der Waals surface area contributed by atoms with Crippen LogP contribution in [-0.2, 0) is 0 Å². The van der Waals surface area contributed by atoms with Gasteiger partial charge in [0.2, 0.25) is 5.78 Å². The molecule has 0 amide bonds. The van der Waals surface area contributed by atoms with Gasteiger partial charge in [0.15, 0.2) is 0 Å². The van der Waals surface area contributed by atoms with E-state index in [4.69, 9.17) is 4.74 Å². The lowest BCUT2D eigenvalue weighted by molar-refractivity contribution is 0.104. The van der Waals surface area contributed by atoms with Crippen molar-refractivity contribution in [2.24, 2.45) is 0 Å². The largest absolute Gasteiger partial charge is 0.496 e. The average molecular weight is 283 g/mol. The van der Waals surface area contributed by atoms with Crippen LogP contribution in [0.1, 0.15) is 20.9 Å². The van der Waals surface area contributed by atoms with Crippen molar-refractivity contribution in [2.45, 2.75) is 6.92 Å². The van der Waals surface area contributed by atoms with Crippen LogP contribution in [-0.4, -0.2) is 17.9 Å². The topological polar surface area (TPSA) is 39.2 Å². The lowest BCUT2D eigenvalue weighted by atomic mass is 10.1. The van der Waals surface area contributed by atoms with Crippen molar-refractivity contribution in [3.8, 4) is 5.75 Å². The minimum atomic E-state index is 0.0146. The molecule has 0 aliphatic heterocycles. The smallest absolute Gasteiger partial charge is 0.203 e. The maximum atomic E-state index is 12.4. The Hall–Kier alpha value is -2.20. The van der Waals surface area contributed by atoms with Gasteiger partial charge >= 0.3 is 0 Å². The summed E-state index contributed by atoms with van der Waals surface area (Å²) in [6.45, 7) is 1.95. The number of hydrogen-bond donors (Lipinski definition) is 0. The third kappa shape index (κ3) is 2.30. The van der Waals surface area contributed by atoms with E-state index in [0.29, 0.717) is 10.4 Å². The quantitative estimate of drug-likeness (QED) is 0.685. The lowest BCUT2D eigenvalue weighted by Crippen LogP contribution is -1.98. The highest BCUT2D eigenvalue weighted by Gasteiger charge is 2.13. The summed E-state index contributed by atoms with van der Waals surface area (Å²) in [5, 5.41) is 2.81. The first-order valence-electron chi connectivity index (χ1n) is 6.22. The molecule has 0 saturated heterocycles. The second kappa shape index (κ2) is 5.06. The van der Waals surface area contributed by atoms with Crippen LogP contribution in [0.2, 0.25) is 0 Å². The highest BCUT2D eigenvalue weighted by Crippen LogP contribution is 2.25. The second-order valence-corrected chi connectivity index (χ2v) is 5.45. The van der Waals surface area contributed by atoms with Gasteiger partial charge in [-0.25, -0.2) is 0 Å². The number of ketones is 1. The molecule has 3 nitrogen and oxygen atoms in total. The molecule has 0 radical (unpaired) electrons. The third-order valence-corrected chi connectivity index (χ3v) is 4.03. The number of pyridine rings is 1. The summed E-state index contributed by atoms with van der Waals surface area (Å²) in [6, 6.07) is 11.3. The predicted octanol–water partition coefficient (Wildman–Crippen LogP) is 3.84. The Morgan fingerprint density at radius 3 is 2.80 bits per heavy atom. The summed E-state index contributed by atoms with van der Waals surface area (Å²) in [6.07, 6.45) is 0. The van der Waals surface area contributed by atoms with E-state index in [0.717, 1.165) is 22.3 Å². The number of carbonyl (C=O) groups excluding carboxylic acids is 1. The van der Waals surface area contributed by atoms with Gasteiger partial charge in [-0.3, -0.25) is 9.78 Å². The Morgan fingerprint density at radius 2 is 2.05 bits per heavy atom. The molecule has 0 aliphatic carbocycles. The van der Waals surface area contributed by atoms with Crippen molar-refractivity contribution >= 4 is 28.0 Å². The maximum Gasteiger partial charge on any atom is 0.203 e. The number of thiophene rings is 1. The first kappa shape index (κ1) is 12.8. The molecule has 3 aromatic rings. The summed E-state index contributed by atoms with van der Waals surface area (Å²) in [7, 11) is 1.60. The van der Waals surface area contributed by atoms with Crippen molar-refractivity contribution in [3.05, 3.63) is 57.9 Å². The monoisotopic (exact) mass is 283 g/mol. The van der Waals surface area contributed by atoms with Crippen molar-refractivity contribution in [3.63, 3.8) is 0 Å². The van der Waals surface area contributed by atoms with Gasteiger partial charge in [-0.15, -0.1) is 11.3 Å². The molecule has 1 aromatic carbocycles. The first-order valence-corrected chi connectivity index (χ1v) is 7.10. The third-order valence-electron chi connectivity index (χ3n) is 3.13. The molecule has 3 rings (SSSR count). The van der Waals surface area contributed by atoms with Crippen molar-refractivity contribution in [2.75, 3.05) is 7.11 Å². The SMILES string of the molecule is COc1csc(C(=O)c2ccc3nc(C)ccc3c2)c1. The number of aromatic nitrogens is 1. The molecule has 100 valence electrons. The molecule has 0 atom stereocenters. The summed E-state index contributed by atoms with van der Waals surface area (Å²) in [5.41, 5.74) is 2.55. The number of carbonyl (C=O) groups is 1. The van der Waals surface area contributed by atoms with Crippen LogP contribution < -0.4 is 4.74 Å². The van der Waals surface area contributed by atoms with Gasteiger partial charge in [-0.2, -0.15) is 0 Å². The van der Waals surface area contributed by atoms with Crippen LogP contribution in [0.5, 0.6) is 5.75 Å². The molecule has 0 fully saturated rings. The summed E-state index contributed by atoms with van der Waals surface area (Å²) in [4.78, 5) is 17.5. The predicted molar refractivity (Wildman–Crippen MR) is 80.8 cm³/mol. The zero-order valence-electron chi connectivity index (χ0n) is 11.2. The molecule has 0 aliphatic rings. The van der Waals surface area contributed by atoms with Crippen molar-refractivity contribution in [1.29, 1.82) is 0 Å². The number of aryl methyl sites for hydroxylation is 1. The minimum absolute atomic E-state index is 0.0146. The van der Waals surface area contributed by atoms with Crippen LogP contribution in [0.4, 0.5) is 0 Å². The van der Waals surface area contributed by atoms with Crippen LogP contribution >= 0.6 is 11.3 Å². The molecule has 20 heavy (non-hydrogen) atoms. The fraction of sp³-hybridized carbons (Fsp3) is 0.125. The van der Waals surface area contributed by atoms with E-state index in [1.807, 2.05) is 42.6 Å². The highest BCUT2D eigenvalue weighted by molar-refractivity contribution is 7.12. The Bertz CT molecular complexity index is 792. The number of fused-ring (bicyclic) bond motifs is 1. The van der Waals surface area contributed by atoms with Crippen molar-refractivity contribution in [1.82, 2.24) is 4.98 Å². The fourth-order valence-corrected chi connectivity index (χ4v) is 2.87. The average Bonchev–Trinajstić information content (AvgIpc) is 2.95. The van der Waals surface area contributed by atoms with Crippen LogP contribution in [0, 0.1) is 6.92 Å². The van der Waals surface area contributed by atoms with Crippen LogP contribution in [0.25, 0.3) is 10.9 Å². The Kier molecular flexibility index (Phi) is 3.24. The summed E-state index contributed by atoms with van der Waals surface area (Å²) < 4.78 is 5.11. The lowest BCUT2D eigenvalue weighted by Gasteiger charge is -2.02. The number of hydrogen-bond acceptors (Lipinski definition) is 4. The fourth-order valence-electron chi connectivity index (χ4n) is 2.06. The number of methoxy groups -OCH3 is 1.